The van der Waals surface area contributed by atoms with Crippen LogP contribution < -0.4 is 10.1 Å². The molecule has 1 heterocycles. The standard InChI is InChI=1S/C22H16FN3O2S2/c23-16-8-6-15(7-9-16)20(27)14-29-22-26-25-21(30-22)24-17-10-12-19(13-11-17)28-18-4-2-1-3-5-18/h1-13H,14H2,(H,24,25). The Morgan fingerprint density at radius 2 is 1.63 bits per heavy atom. The number of rotatable bonds is 8. The Balaban J connectivity index is 1.30. The van der Waals surface area contributed by atoms with Gasteiger partial charge in [0.25, 0.3) is 0 Å². The van der Waals surface area contributed by atoms with Crippen molar-refractivity contribution in [2.45, 2.75) is 4.34 Å². The molecular formula is C22H16FN3O2S2. The van der Waals surface area contributed by atoms with Gasteiger partial charge >= 0.3 is 0 Å². The number of hydrogen-bond acceptors (Lipinski definition) is 7. The second-order valence-electron chi connectivity index (χ2n) is 6.16. The van der Waals surface area contributed by atoms with Crippen molar-refractivity contribution in [1.82, 2.24) is 10.2 Å². The van der Waals surface area contributed by atoms with Crippen LogP contribution in [0.2, 0.25) is 0 Å². The summed E-state index contributed by atoms with van der Waals surface area (Å²) in [6.45, 7) is 0. The van der Waals surface area contributed by atoms with Crippen LogP contribution in [0.15, 0.2) is 83.2 Å². The van der Waals surface area contributed by atoms with E-state index < -0.39 is 0 Å². The van der Waals surface area contributed by atoms with Gasteiger partial charge in [-0.2, -0.15) is 0 Å². The van der Waals surface area contributed by atoms with E-state index in [1.54, 1.807) is 0 Å². The van der Waals surface area contributed by atoms with E-state index in [9.17, 15) is 9.18 Å². The molecule has 8 heteroatoms. The minimum Gasteiger partial charge on any atom is -0.457 e. The molecule has 0 amide bonds. The summed E-state index contributed by atoms with van der Waals surface area (Å²) in [5, 5.41) is 12.0. The Morgan fingerprint density at radius 3 is 2.37 bits per heavy atom. The average Bonchev–Trinajstić information content (AvgIpc) is 3.22. The summed E-state index contributed by atoms with van der Waals surface area (Å²) in [6, 6.07) is 22.6. The Bertz CT molecular complexity index is 1120. The number of benzene rings is 3. The van der Waals surface area contributed by atoms with Crippen LogP contribution in [-0.2, 0) is 0 Å². The van der Waals surface area contributed by atoms with Crippen molar-refractivity contribution in [2.75, 3.05) is 11.1 Å². The van der Waals surface area contributed by atoms with Gasteiger partial charge in [-0.25, -0.2) is 4.39 Å². The summed E-state index contributed by atoms with van der Waals surface area (Å²) in [5.41, 5.74) is 1.33. The topological polar surface area (TPSA) is 64.1 Å². The number of aromatic nitrogens is 2. The predicted octanol–water partition coefficient (Wildman–Crippen LogP) is 6.19. The van der Waals surface area contributed by atoms with Gasteiger partial charge in [0.05, 0.1) is 5.75 Å². The van der Waals surface area contributed by atoms with E-state index in [2.05, 4.69) is 15.5 Å². The summed E-state index contributed by atoms with van der Waals surface area (Å²) < 4.78 is 19.4. The molecule has 1 N–H and O–H groups in total. The minimum atomic E-state index is -0.362. The fourth-order valence-electron chi connectivity index (χ4n) is 2.52. The highest BCUT2D eigenvalue weighted by Crippen LogP contribution is 2.29. The number of hydrogen-bond donors (Lipinski definition) is 1. The maximum atomic E-state index is 13.0. The molecule has 0 bridgehead atoms. The molecule has 0 aliphatic heterocycles. The third-order valence-electron chi connectivity index (χ3n) is 3.98. The van der Waals surface area contributed by atoms with Gasteiger partial charge in [0.2, 0.25) is 5.13 Å². The Labute approximate surface area is 180 Å². The van der Waals surface area contributed by atoms with E-state index in [1.165, 1.54) is 47.4 Å². The molecular weight excluding hydrogens is 421 g/mol. The van der Waals surface area contributed by atoms with Crippen molar-refractivity contribution in [3.8, 4) is 11.5 Å². The number of halogens is 1. The van der Waals surface area contributed by atoms with E-state index >= 15 is 0 Å². The second-order valence-corrected chi connectivity index (χ2v) is 8.36. The van der Waals surface area contributed by atoms with Crippen LogP contribution in [0.25, 0.3) is 0 Å². The Morgan fingerprint density at radius 1 is 0.933 bits per heavy atom. The summed E-state index contributed by atoms with van der Waals surface area (Å²) in [7, 11) is 0. The van der Waals surface area contributed by atoms with Crippen molar-refractivity contribution in [3.05, 3.63) is 90.2 Å². The maximum absolute atomic E-state index is 13.0. The molecule has 0 spiro atoms. The molecule has 0 saturated carbocycles. The van der Waals surface area contributed by atoms with Crippen LogP contribution in [-0.4, -0.2) is 21.7 Å². The fraction of sp³-hybridized carbons (Fsp3) is 0.0455. The van der Waals surface area contributed by atoms with E-state index in [4.69, 9.17) is 4.74 Å². The number of anilines is 2. The van der Waals surface area contributed by atoms with Gasteiger partial charge in [-0.05, 0) is 60.7 Å². The minimum absolute atomic E-state index is 0.0845. The van der Waals surface area contributed by atoms with Crippen molar-refractivity contribution < 1.29 is 13.9 Å². The SMILES string of the molecule is O=C(CSc1nnc(Nc2ccc(Oc3ccccc3)cc2)s1)c1ccc(F)cc1. The lowest BCUT2D eigenvalue weighted by molar-refractivity contribution is 0.102. The van der Waals surface area contributed by atoms with Gasteiger partial charge in [0.1, 0.15) is 17.3 Å². The number of carbonyl (C=O) groups is 1. The molecule has 0 aliphatic carbocycles. The number of ketones is 1. The zero-order valence-corrected chi connectivity index (χ0v) is 17.3. The van der Waals surface area contributed by atoms with Crippen molar-refractivity contribution in [3.63, 3.8) is 0 Å². The predicted molar refractivity (Wildman–Crippen MR) is 118 cm³/mol. The number of nitrogens with one attached hydrogen (secondary N) is 1. The second kappa shape index (κ2) is 9.51. The molecule has 0 radical (unpaired) electrons. The molecule has 4 aromatic rings. The first-order chi connectivity index (χ1) is 14.7. The summed E-state index contributed by atoms with van der Waals surface area (Å²) in [4.78, 5) is 12.2. The van der Waals surface area contributed by atoms with Gasteiger partial charge in [0.15, 0.2) is 10.1 Å². The highest BCUT2D eigenvalue weighted by molar-refractivity contribution is 8.01. The Kier molecular flexibility index (Phi) is 6.36. The molecule has 0 aliphatic rings. The highest BCUT2D eigenvalue weighted by atomic mass is 32.2. The van der Waals surface area contributed by atoms with Gasteiger partial charge in [-0.15, -0.1) is 10.2 Å². The van der Waals surface area contributed by atoms with Crippen LogP contribution in [0.4, 0.5) is 15.2 Å². The van der Waals surface area contributed by atoms with Gasteiger partial charge in [0, 0.05) is 11.3 Å². The van der Waals surface area contributed by atoms with Gasteiger partial charge < -0.3 is 10.1 Å². The lowest BCUT2D eigenvalue weighted by Crippen LogP contribution is -2.01. The monoisotopic (exact) mass is 437 g/mol. The zero-order chi connectivity index (χ0) is 20.8. The van der Waals surface area contributed by atoms with E-state index in [0.29, 0.717) is 15.0 Å². The molecule has 0 atom stereocenters. The number of thioether (sulfide) groups is 1. The molecule has 1 aromatic heterocycles. The van der Waals surface area contributed by atoms with E-state index in [-0.39, 0.29) is 17.4 Å². The molecule has 3 aromatic carbocycles. The first-order valence-electron chi connectivity index (χ1n) is 9.01. The molecule has 0 saturated heterocycles. The number of ether oxygens (including phenoxy) is 1. The third kappa shape index (κ3) is 5.43. The molecule has 5 nitrogen and oxygen atoms in total. The van der Waals surface area contributed by atoms with Crippen LogP contribution in [0, 0.1) is 5.82 Å². The molecule has 30 heavy (non-hydrogen) atoms. The van der Waals surface area contributed by atoms with Crippen LogP contribution in [0.3, 0.4) is 0 Å². The van der Waals surface area contributed by atoms with Crippen LogP contribution >= 0.6 is 23.1 Å². The zero-order valence-electron chi connectivity index (χ0n) is 15.6. The smallest absolute Gasteiger partial charge is 0.210 e. The van der Waals surface area contributed by atoms with E-state index in [1.807, 2.05) is 54.6 Å². The quantitative estimate of drug-likeness (QED) is 0.262. The van der Waals surface area contributed by atoms with Crippen LogP contribution in [0.1, 0.15) is 10.4 Å². The lowest BCUT2D eigenvalue weighted by Gasteiger charge is -2.06. The third-order valence-corrected chi connectivity index (χ3v) is 5.96. The average molecular weight is 438 g/mol. The first kappa shape index (κ1) is 20.1. The maximum Gasteiger partial charge on any atom is 0.210 e. The largest absolute Gasteiger partial charge is 0.457 e. The van der Waals surface area contributed by atoms with Crippen molar-refractivity contribution in [1.29, 1.82) is 0 Å². The molecule has 0 unspecified atom stereocenters. The first-order valence-corrected chi connectivity index (χ1v) is 10.8. The lowest BCUT2D eigenvalue weighted by atomic mass is 10.1. The molecule has 0 fully saturated rings. The normalized spacial score (nSPS) is 10.6. The van der Waals surface area contributed by atoms with Gasteiger partial charge in [-0.3, -0.25) is 4.79 Å². The number of para-hydroxylation sites is 1. The van der Waals surface area contributed by atoms with Crippen LogP contribution in [0.5, 0.6) is 11.5 Å². The summed E-state index contributed by atoms with van der Waals surface area (Å²) in [5.74, 6) is 1.28. The van der Waals surface area contributed by atoms with Crippen molar-refractivity contribution >= 4 is 39.7 Å². The number of nitrogens with zero attached hydrogens (tertiary/aromatic N) is 2. The van der Waals surface area contributed by atoms with E-state index in [0.717, 1.165) is 17.2 Å². The van der Waals surface area contributed by atoms with Gasteiger partial charge in [-0.1, -0.05) is 41.3 Å². The highest BCUT2D eigenvalue weighted by Gasteiger charge is 2.10. The summed E-state index contributed by atoms with van der Waals surface area (Å²) >= 11 is 2.66. The Hall–Kier alpha value is -3.23. The fourth-order valence-corrected chi connectivity index (χ4v) is 4.19. The van der Waals surface area contributed by atoms with Crippen molar-refractivity contribution in [2.24, 2.45) is 0 Å². The summed E-state index contributed by atoms with van der Waals surface area (Å²) in [6.07, 6.45) is 0. The molecule has 150 valence electrons. The number of Topliss-reactive ketones (excluding diaryl/α,β-unsaturated/α-hetero) is 1. The molecule has 4 rings (SSSR count). The number of carbonyl (C=O) groups excluding carboxylic acids is 1.